The zero-order valence-corrected chi connectivity index (χ0v) is 52.7. The number of carbonyl (C=O) groups excluding carboxylic acids is 3. The topological polar surface area (TPSA) is 78.9 Å². The standard InChI is InChI=1S/C72H134O6/c1-4-7-10-13-16-19-22-25-27-28-29-30-31-32-33-34-35-36-37-38-39-40-41-42-43-45-47-50-53-56-59-62-65-71(74)77-68-69(67-76-70(73)64-61-58-55-52-49-46-24-21-18-15-12-9-6-3)78-72(75)66-63-60-57-54-51-48-44-26-23-20-17-14-11-8-5-2/h12,15,21,24,26,44,69H,4-11,13-14,16-20,22-23,25,27-43,45-68H2,1-3H3/b15-12-,24-21-,44-26-. The number of unbranched alkanes of at least 4 members (excludes halogenated alkanes) is 48. The average Bonchev–Trinajstić information content (AvgIpc) is 3.44. The lowest BCUT2D eigenvalue weighted by Crippen LogP contribution is -2.30. The Balaban J connectivity index is 4.09. The molecular weight excluding hydrogens is 961 g/mol. The molecular formula is C72H134O6. The Labute approximate surface area is 486 Å². The molecule has 1 atom stereocenters. The van der Waals surface area contributed by atoms with Crippen LogP contribution in [0.4, 0.5) is 0 Å². The largest absolute Gasteiger partial charge is 0.462 e. The third-order valence-corrected chi connectivity index (χ3v) is 15.8. The van der Waals surface area contributed by atoms with Crippen molar-refractivity contribution in [2.45, 2.75) is 393 Å². The van der Waals surface area contributed by atoms with Gasteiger partial charge in [0, 0.05) is 19.3 Å². The van der Waals surface area contributed by atoms with E-state index in [-0.39, 0.29) is 31.1 Å². The van der Waals surface area contributed by atoms with Gasteiger partial charge in [0.1, 0.15) is 13.2 Å². The fourth-order valence-corrected chi connectivity index (χ4v) is 10.6. The molecule has 6 nitrogen and oxygen atoms in total. The van der Waals surface area contributed by atoms with Crippen LogP contribution in [0.15, 0.2) is 36.5 Å². The summed E-state index contributed by atoms with van der Waals surface area (Å²) in [5, 5.41) is 0. The van der Waals surface area contributed by atoms with Crippen LogP contribution in [0.1, 0.15) is 387 Å². The van der Waals surface area contributed by atoms with E-state index in [1.807, 2.05) is 0 Å². The van der Waals surface area contributed by atoms with Gasteiger partial charge in [0.2, 0.25) is 0 Å². The highest BCUT2D eigenvalue weighted by molar-refractivity contribution is 5.71. The van der Waals surface area contributed by atoms with Gasteiger partial charge in [0.25, 0.3) is 0 Å². The summed E-state index contributed by atoms with van der Waals surface area (Å²) in [4.78, 5) is 38.3. The first-order chi connectivity index (χ1) is 38.5. The minimum atomic E-state index is -0.781. The molecule has 0 amide bonds. The van der Waals surface area contributed by atoms with Gasteiger partial charge in [0.15, 0.2) is 6.10 Å². The van der Waals surface area contributed by atoms with E-state index in [0.717, 1.165) is 89.9 Å². The van der Waals surface area contributed by atoms with Crippen molar-refractivity contribution < 1.29 is 28.6 Å². The Morgan fingerprint density at radius 1 is 0.256 bits per heavy atom. The van der Waals surface area contributed by atoms with Crippen LogP contribution in [-0.2, 0) is 28.6 Å². The fraction of sp³-hybridized carbons (Fsp3) is 0.875. The molecule has 0 N–H and O–H groups in total. The second kappa shape index (κ2) is 67.1. The molecule has 458 valence electrons. The van der Waals surface area contributed by atoms with Gasteiger partial charge in [-0.1, -0.05) is 333 Å². The van der Waals surface area contributed by atoms with E-state index < -0.39 is 6.10 Å². The van der Waals surface area contributed by atoms with Gasteiger partial charge in [-0.2, -0.15) is 0 Å². The molecule has 0 aromatic heterocycles. The molecule has 0 saturated carbocycles. The fourth-order valence-electron chi connectivity index (χ4n) is 10.6. The SMILES string of the molecule is CCC/C=C\C/C=C\CCCCCCCC(=O)OCC(COC(=O)CCCCCCCCCCCCCCCCCCCCCCCCCCCCCCCCCC)OC(=O)CCCCCCC/C=C\CCCCCCCC. The summed E-state index contributed by atoms with van der Waals surface area (Å²) in [5.74, 6) is -0.876. The minimum absolute atomic E-state index is 0.0761. The molecule has 0 fully saturated rings. The number of ether oxygens (including phenoxy) is 3. The van der Waals surface area contributed by atoms with Crippen LogP contribution < -0.4 is 0 Å². The number of carbonyl (C=O) groups is 3. The van der Waals surface area contributed by atoms with E-state index >= 15 is 0 Å². The molecule has 0 spiro atoms. The molecule has 0 aliphatic rings. The molecule has 0 rings (SSSR count). The number of hydrogen-bond donors (Lipinski definition) is 0. The minimum Gasteiger partial charge on any atom is -0.462 e. The molecule has 0 aliphatic carbocycles. The van der Waals surface area contributed by atoms with Crippen molar-refractivity contribution in [2.24, 2.45) is 0 Å². The van der Waals surface area contributed by atoms with Crippen molar-refractivity contribution in [3.63, 3.8) is 0 Å². The first-order valence-electron chi connectivity index (χ1n) is 35.0. The van der Waals surface area contributed by atoms with Crippen LogP contribution in [-0.4, -0.2) is 37.2 Å². The molecule has 0 saturated heterocycles. The molecule has 0 radical (unpaired) electrons. The summed E-state index contributed by atoms with van der Waals surface area (Å²) < 4.78 is 16.9. The van der Waals surface area contributed by atoms with Gasteiger partial charge in [-0.15, -0.1) is 0 Å². The normalized spacial score (nSPS) is 12.2. The van der Waals surface area contributed by atoms with Gasteiger partial charge in [-0.25, -0.2) is 0 Å². The van der Waals surface area contributed by atoms with E-state index in [9.17, 15) is 14.4 Å². The molecule has 0 aliphatic heterocycles. The zero-order chi connectivity index (χ0) is 56.4. The summed E-state index contributed by atoms with van der Waals surface area (Å²) in [6, 6.07) is 0. The Bertz CT molecular complexity index is 1300. The predicted molar refractivity (Wildman–Crippen MR) is 339 cm³/mol. The summed E-state index contributed by atoms with van der Waals surface area (Å²) in [7, 11) is 0. The number of allylic oxidation sites excluding steroid dienone is 6. The van der Waals surface area contributed by atoms with Gasteiger partial charge in [-0.05, 0) is 70.6 Å². The van der Waals surface area contributed by atoms with Crippen LogP contribution in [0.2, 0.25) is 0 Å². The first-order valence-corrected chi connectivity index (χ1v) is 35.0. The number of hydrogen-bond acceptors (Lipinski definition) is 6. The maximum atomic E-state index is 12.9. The van der Waals surface area contributed by atoms with Crippen LogP contribution in [0.25, 0.3) is 0 Å². The quantitative estimate of drug-likeness (QED) is 0.0261. The van der Waals surface area contributed by atoms with E-state index in [0.29, 0.717) is 19.3 Å². The Morgan fingerprint density at radius 3 is 0.769 bits per heavy atom. The lowest BCUT2D eigenvalue weighted by atomic mass is 10.0. The zero-order valence-electron chi connectivity index (χ0n) is 52.7. The van der Waals surface area contributed by atoms with Crippen molar-refractivity contribution in [3.8, 4) is 0 Å². The van der Waals surface area contributed by atoms with E-state index in [4.69, 9.17) is 14.2 Å². The van der Waals surface area contributed by atoms with Gasteiger partial charge in [-0.3, -0.25) is 14.4 Å². The third-order valence-electron chi connectivity index (χ3n) is 15.8. The summed E-state index contributed by atoms with van der Waals surface area (Å²) >= 11 is 0. The third kappa shape index (κ3) is 64.5. The monoisotopic (exact) mass is 1100 g/mol. The van der Waals surface area contributed by atoms with Crippen molar-refractivity contribution in [1.29, 1.82) is 0 Å². The molecule has 0 bridgehead atoms. The molecule has 6 heteroatoms. The second-order valence-electron chi connectivity index (χ2n) is 23.8. The van der Waals surface area contributed by atoms with E-state index in [2.05, 4.69) is 57.2 Å². The van der Waals surface area contributed by atoms with E-state index in [1.165, 1.54) is 257 Å². The summed E-state index contributed by atoms with van der Waals surface area (Å²) in [5.41, 5.74) is 0. The van der Waals surface area contributed by atoms with Crippen molar-refractivity contribution in [3.05, 3.63) is 36.5 Å². The van der Waals surface area contributed by atoms with Gasteiger partial charge < -0.3 is 14.2 Å². The van der Waals surface area contributed by atoms with Crippen LogP contribution >= 0.6 is 0 Å². The van der Waals surface area contributed by atoms with Gasteiger partial charge in [0.05, 0.1) is 0 Å². The Kier molecular flexibility index (Phi) is 65.1. The highest BCUT2D eigenvalue weighted by Crippen LogP contribution is 2.19. The van der Waals surface area contributed by atoms with Crippen LogP contribution in [0.3, 0.4) is 0 Å². The van der Waals surface area contributed by atoms with Crippen LogP contribution in [0, 0.1) is 0 Å². The first kappa shape index (κ1) is 75.6. The maximum absolute atomic E-state index is 12.9. The molecule has 0 aromatic carbocycles. The van der Waals surface area contributed by atoms with Crippen molar-refractivity contribution >= 4 is 17.9 Å². The van der Waals surface area contributed by atoms with Crippen LogP contribution in [0.5, 0.6) is 0 Å². The number of rotatable bonds is 65. The lowest BCUT2D eigenvalue weighted by molar-refractivity contribution is -0.167. The Morgan fingerprint density at radius 2 is 0.487 bits per heavy atom. The summed E-state index contributed by atoms with van der Waals surface area (Å²) in [6.07, 6.45) is 83.4. The predicted octanol–water partition coefficient (Wildman–Crippen LogP) is 23.9. The highest BCUT2D eigenvalue weighted by Gasteiger charge is 2.19. The average molecular weight is 1100 g/mol. The summed E-state index contributed by atoms with van der Waals surface area (Å²) in [6.45, 7) is 6.61. The number of esters is 3. The smallest absolute Gasteiger partial charge is 0.306 e. The molecule has 0 heterocycles. The van der Waals surface area contributed by atoms with Crippen molar-refractivity contribution in [1.82, 2.24) is 0 Å². The molecule has 0 aromatic rings. The second-order valence-corrected chi connectivity index (χ2v) is 23.8. The molecule has 1 unspecified atom stereocenters. The van der Waals surface area contributed by atoms with Crippen molar-refractivity contribution in [2.75, 3.05) is 13.2 Å². The maximum Gasteiger partial charge on any atom is 0.306 e. The van der Waals surface area contributed by atoms with Gasteiger partial charge >= 0.3 is 17.9 Å². The Hall–Kier alpha value is -2.37. The highest BCUT2D eigenvalue weighted by atomic mass is 16.6. The lowest BCUT2D eigenvalue weighted by Gasteiger charge is -2.18. The molecule has 78 heavy (non-hydrogen) atoms. The van der Waals surface area contributed by atoms with E-state index in [1.54, 1.807) is 0 Å².